The molecular weight excluding hydrogens is 365 g/mol. The molecule has 142 valence electrons. The highest BCUT2D eigenvalue weighted by molar-refractivity contribution is 7.99. The van der Waals surface area contributed by atoms with E-state index >= 15 is 0 Å². The Kier molecular flexibility index (Phi) is 6.81. The molecular formula is C20H22FN3O2S. The number of amides is 2. The van der Waals surface area contributed by atoms with Gasteiger partial charge in [0.2, 0.25) is 5.91 Å². The van der Waals surface area contributed by atoms with Crippen LogP contribution in [0.3, 0.4) is 0 Å². The van der Waals surface area contributed by atoms with Crippen LogP contribution in [0.1, 0.15) is 23.2 Å². The van der Waals surface area contributed by atoms with E-state index in [2.05, 4.69) is 10.3 Å². The molecule has 1 N–H and O–H groups in total. The van der Waals surface area contributed by atoms with E-state index in [1.807, 2.05) is 23.1 Å². The third kappa shape index (κ3) is 5.79. The van der Waals surface area contributed by atoms with E-state index in [4.69, 9.17) is 0 Å². The summed E-state index contributed by atoms with van der Waals surface area (Å²) in [6.07, 6.45) is 3.62. The van der Waals surface area contributed by atoms with Gasteiger partial charge in [-0.15, -0.1) is 0 Å². The number of aromatic nitrogens is 1. The minimum atomic E-state index is -0.364. The van der Waals surface area contributed by atoms with Crippen LogP contribution in [0.25, 0.3) is 0 Å². The van der Waals surface area contributed by atoms with Gasteiger partial charge in [0.05, 0.1) is 10.8 Å². The Balaban J connectivity index is 1.45. The van der Waals surface area contributed by atoms with Crippen molar-refractivity contribution in [3.05, 3.63) is 60.0 Å². The van der Waals surface area contributed by atoms with Gasteiger partial charge in [-0.3, -0.25) is 9.59 Å². The predicted octanol–water partition coefficient (Wildman–Crippen LogP) is 2.98. The first-order valence-electron chi connectivity index (χ1n) is 8.97. The Morgan fingerprint density at radius 3 is 2.78 bits per heavy atom. The molecule has 0 saturated carbocycles. The first-order chi connectivity index (χ1) is 13.1. The summed E-state index contributed by atoms with van der Waals surface area (Å²) in [6.45, 7) is 1.91. The van der Waals surface area contributed by atoms with Gasteiger partial charge in [-0.1, -0.05) is 17.8 Å². The molecule has 1 aliphatic rings. The average molecular weight is 387 g/mol. The van der Waals surface area contributed by atoms with Crippen molar-refractivity contribution in [2.45, 2.75) is 17.9 Å². The molecule has 0 aliphatic carbocycles. The molecule has 27 heavy (non-hydrogen) atoms. The number of rotatable bonds is 6. The van der Waals surface area contributed by atoms with E-state index in [1.54, 1.807) is 6.20 Å². The van der Waals surface area contributed by atoms with Crippen molar-refractivity contribution >= 4 is 23.6 Å². The Morgan fingerprint density at radius 1 is 1.22 bits per heavy atom. The third-order valence-corrected chi connectivity index (χ3v) is 5.44. The van der Waals surface area contributed by atoms with Gasteiger partial charge in [-0.2, -0.15) is 0 Å². The van der Waals surface area contributed by atoms with Crippen LogP contribution in [0.15, 0.2) is 53.7 Å². The second-order valence-corrected chi connectivity index (χ2v) is 7.52. The van der Waals surface area contributed by atoms with Crippen LogP contribution >= 0.6 is 11.8 Å². The number of hydrogen-bond acceptors (Lipinski definition) is 4. The van der Waals surface area contributed by atoms with E-state index < -0.39 is 0 Å². The Labute approximate surface area is 162 Å². The molecule has 1 atom stereocenters. The van der Waals surface area contributed by atoms with Crippen molar-refractivity contribution in [1.29, 1.82) is 0 Å². The van der Waals surface area contributed by atoms with Crippen LogP contribution in [0.5, 0.6) is 0 Å². The fourth-order valence-electron chi connectivity index (χ4n) is 3.06. The molecule has 0 bridgehead atoms. The van der Waals surface area contributed by atoms with Crippen LogP contribution in [0.4, 0.5) is 4.39 Å². The van der Waals surface area contributed by atoms with Crippen molar-refractivity contribution in [2.75, 3.05) is 25.4 Å². The maximum absolute atomic E-state index is 12.9. The highest BCUT2D eigenvalue weighted by Gasteiger charge is 2.24. The average Bonchev–Trinajstić information content (AvgIpc) is 2.71. The van der Waals surface area contributed by atoms with Crippen molar-refractivity contribution in [3.8, 4) is 0 Å². The molecule has 0 radical (unpaired) electrons. The van der Waals surface area contributed by atoms with E-state index in [0.717, 1.165) is 24.4 Å². The summed E-state index contributed by atoms with van der Waals surface area (Å²) in [5.74, 6) is 0.110. The zero-order chi connectivity index (χ0) is 19.1. The third-order valence-electron chi connectivity index (χ3n) is 4.51. The molecule has 2 amide bonds. The monoisotopic (exact) mass is 387 g/mol. The predicted molar refractivity (Wildman–Crippen MR) is 103 cm³/mol. The lowest BCUT2D eigenvalue weighted by Crippen LogP contribution is -2.44. The van der Waals surface area contributed by atoms with Gasteiger partial charge in [0.25, 0.3) is 5.91 Å². The molecule has 7 heteroatoms. The number of carbonyl (C=O) groups excluding carboxylic acids is 2. The zero-order valence-electron chi connectivity index (χ0n) is 14.9. The summed E-state index contributed by atoms with van der Waals surface area (Å²) in [4.78, 5) is 30.7. The summed E-state index contributed by atoms with van der Waals surface area (Å²) in [5.41, 5.74) is 0.437. The van der Waals surface area contributed by atoms with Crippen molar-refractivity contribution < 1.29 is 14.0 Å². The number of nitrogens with zero attached hydrogens (tertiary/aromatic N) is 2. The van der Waals surface area contributed by atoms with Crippen LogP contribution in [0, 0.1) is 11.7 Å². The quantitative estimate of drug-likeness (QED) is 0.774. The van der Waals surface area contributed by atoms with Gasteiger partial charge in [-0.05, 0) is 55.2 Å². The second kappa shape index (κ2) is 9.50. The summed E-state index contributed by atoms with van der Waals surface area (Å²) < 4.78 is 12.9. The van der Waals surface area contributed by atoms with E-state index in [9.17, 15) is 14.0 Å². The van der Waals surface area contributed by atoms with Gasteiger partial charge in [0.15, 0.2) is 0 Å². The number of hydrogen-bond donors (Lipinski definition) is 1. The minimum Gasteiger partial charge on any atom is -0.352 e. The number of likely N-dealkylation sites (tertiary alicyclic amines) is 1. The van der Waals surface area contributed by atoms with Crippen LogP contribution in [-0.2, 0) is 4.79 Å². The van der Waals surface area contributed by atoms with Gasteiger partial charge < -0.3 is 10.2 Å². The van der Waals surface area contributed by atoms with Crippen molar-refractivity contribution in [3.63, 3.8) is 0 Å². The maximum Gasteiger partial charge on any atom is 0.251 e. The molecule has 1 aromatic carbocycles. The van der Waals surface area contributed by atoms with Crippen LogP contribution in [-0.4, -0.2) is 47.1 Å². The molecule has 1 fully saturated rings. The lowest BCUT2D eigenvalue weighted by Gasteiger charge is -2.32. The maximum atomic E-state index is 12.9. The van der Waals surface area contributed by atoms with E-state index in [-0.39, 0.29) is 23.5 Å². The lowest BCUT2D eigenvalue weighted by atomic mass is 9.98. The van der Waals surface area contributed by atoms with Gasteiger partial charge >= 0.3 is 0 Å². The number of halogens is 1. The molecule has 2 aromatic rings. The summed E-state index contributed by atoms with van der Waals surface area (Å²) in [7, 11) is 0. The Hall–Kier alpha value is -2.41. The smallest absolute Gasteiger partial charge is 0.251 e. The number of thioether (sulfide) groups is 1. The van der Waals surface area contributed by atoms with Crippen LogP contribution in [0.2, 0.25) is 0 Å². The molecule has 0 unspecified atom stereocenters. The number of pyridine rings is 1. The number of carbonyl (C=O) groups is 2. The van der Waals surface area contributed by atoms with Gasteiger partial charge in [0.1, 0.15) is 5.82 Å². The first kappa shape index (κ1) is 19.4. The molecule has 3 rings (SSSR count). The molecule has 1 aliphatic heterocycles. The summed E-state index contributed by atoms with van der Waals surface area (Å²) in [6, 6.07) is 11.1. The van der Waals surface area contributed by atoms with Crippen molar-refractivity contribution in [2.24, 2.45) is 5.92 Å². The largest absolute Gasteiger partial charge is 0.352 e. The molecule has 5 nitrogen and oxygen atoms in total. The molecule has 0 spiro atoms. The topological polar surface area (TPSA) is 62.3 Å². The van der Waals surface area contributed by atoms with E-state index in [0.29, 0.717) is 24.4 Å². The van der Waals surface area contributed by atoms with Crippen LogP contribution < -0.4 is 5.32 Å². The minimum absolute atomic E-state index is 0.0974. The Bertz CT molecular complexity index is 771. The first-order valence-corrected chi connectivity index (χ1v) is 9.96. The molecule has 1 saturated heterocycles. The van der Waals surface area contributed by atoms with E-state index in [1.165, 1.54) is 36.0 Å². The molecule has 2 heterocycles. The lowest BCUT2D eigenvalue weighted by molar-refractivity contribution is -0.130. The fourth-order valence-corrected chi connectivity index (χ4v) is 3.82. The van der Waals surface area contributed by atoms with Crippen molar-refractivity contribution in [1.82, 2.24) is 15.2 Å². The fraction of sp³-hybridized carbons (Fsp3) is 0.350. The zero-order valence-corrected chi connectivity index (χ0v) is 15.8. The van der Waals surface area contributed by atoms with Gasteiger partial charge in [-0.25, -0.2) is 9.37 Å². The molecule has 1 aromatic heterocycles. The number of piperidine rings is 1. The summed E-state index contributed by atoms with van der Waals surface area (Å²) in [5, 5.41) is 3.73. The highest BCUT2D eigenvalue weighted by Crippen LogP contribution is 2.19. The number of nitrogens with one attached hydrogen (secondary N) is 1. The highest BCUT2D eigenvalue weighted by atomic mass is 32.2. The SMILES string of the molecule is O=C(NC[C@H]1CCCN(C(=O)CSc2ccccn2)C1)c1ccc(F)cc1. The van der Waals surface area contributed by atoms with Gasteiger partial charge in [0, 0.05) is 31.4 Å². The normalized spacial score (nSPS) is 16.8. The number of benzene rings is 1. The Morgan fingerprint density at radius 2 is 2.04 bits per heavy atom. The second-order valence-electron chi connectivity index (χ2n) is 6.52. The summed E-state index contributed by atoms with van der Waals surface area (Å²) >= 11 is 1.44. The standard InChI is InChI=1S/C20H22FN3O2S/c21-17-8-6-16(7-9-17)20(26)23-12-15-4-3-11-24(13-15)19(25)14-27-18-5-1-2-10-22-18/h1-2,5-10,15H,3-4,11-14H2,(H,23,26)/t15-/m1/s1.